The van der Waals surface area contributed by atoms with Crippen molar-refractivity contribution < 1.29 is 27.0 Å². The molecule has 1 aliphatic rings. The summed E-state index contributed by atoms with van der Waals surface area (Å²) < 4.78 is 30.0. The summed E-state index contributed by atoms with van der Waals surface area (Å²) in [7, 11) is -4.12. The highest BCUT2D eigenvalue weighted by Crippen LogP contribution is 2.31. The van der Waals surface area contributed by atoms with Crippen LogP contribution in [-0.2, 0) is 19.7 Å². The van der Waals surface area contributed by atoms with Crippen LogP contribution in [0.2, 0.25) is 10.0 Å². The normalized spacial score (nSPS) is 15.3. The van der Waals surface area contributed by atoms with Gasteiger partial charge in [0, 0.05) is 5.02 Å². The number of imide groups is 2. The van der Waals surface area contributed by atoms with E-state index in [-0.39, 0.29) is 26.9 Å². The molecule has 0 saturated carbocycles. The topological polar surface area (TPSA) is 110 Å². The van der Waals surface area contributed by atoms with Gasteiger partial charge in [0.1, 0.15) is 10.5 Å². The van der Waals surface area contributed by atoms with Gasteiger partial charge in [-0.3, -0.25) is 14.9 Å². The number of nitrogens with one attached hydrogen (secondary N) is 1. The van der Waals surface area contributed by atoms with Gasteiger partial charge in [-0.25, -0.2) is 9.69 Å². The van der Waals surface area contributed by atoms with E-state index in [4.69, 9.17) is 27.4 Å². The number of carbonyl (C=O) groups is 3. The summed E-state index contributed by atoms with van der Waals surface area (Å²) >= 11 is 12.3. The Hall–Kier alpha value is -3.66. The number of hydrogen-bond acceptors (Lipinski definition) is 6. The number of anilines is 1. The number of nitrogens with zero attached hydrogens (tertiary/aromatic N) is 1. The minimum absolute atomic E-state index is 0.0483. The first-order chi connectivity index (χ1) is 16.6. The molecule has 0 radical (unpaired) electrons. The van der Waals surface area contributed by atoms with Crippen molar-refractivity contribution in [1.82, 2.24) is 5.32 Å². The summed E-state index contributed by atoms with van der Waals surface area (Å²) in [5.41, 5.74) is 0.683. The van der Waals surface area contributed by atoms with Gasteiger partial charge in [-0.2, -0.15) is 8.42 Å². The number of benzene rings is 3. The zero-order chi connectivity index (χ0) is 25.3. The number of amides is 4. The summed E-state index contributed by atoms with van der Waals surface area (Å²) in [6.45, 7) is 1.64. The lowest BCUT2D eigenvalue weighted by Gasteiger charge is -2.27. The lowest BCUT2D eigenvalue weighted by Crippen LogP contribution is -2.54. The molecule has 0 aromatic heterocycles. The van der Waals surface area contributed by atoms with Crippen molar-refractivity contribution in [3.05, 3.63) is 93.5 Å². The minimum atomic E-state index is -4.12. The van der Waals surface area contributed by atoms with Crippen LogP contribution in [0.15, 0.2) is 77.2 Å². The quantitative estimate of drug-likeness (QED) is 0.290. The average molecular weight is 531 g/mol. The Labute approximate surface area is 210 Å². The van der Waals surface area contributed by atoms with Crippen LogP contribution < -0.4 is 14.4 Å². The van der Waals surface area contributed by atoms with Crippen LogP contribution in [0.4, 0.5) is 10.5 Å². The number of hydrogen-bond donors (Lipinski definition) is 1. The molecule has 1 fully saturated rings. The molecule has 0 unspecified atom stereocenters. The molecule has 1 N–H and O–H groups in total. The van der Waals surface area contributed by atoms with Crippen molar-refractivity contribution in [2.75, 3.05) is 4.90 Å². The van der Waals surface area contributed by atoms with E-state index >= 15 is 0 Å². The average Bonchev–Trinajstić information content (AvgIpc) is 2.81. The van der Waals surface area contributed by atoms with E-state index in [0.29, 0.717) is 16.1 Å². The highest BCUT2D eigenvalue weighted by Gasteiger charge is 2.37. The van der Waals surface area contributed by atoms with Gasteiger partial charge < -0.3 is 4.18 Å². The molecule has 3 aromatic carbocycles. The van der Waals surface area contributed by atoms with Gasteiger partial charge in [0.25, 0.3) is 11.8 Å². The molecule has 178 valence electrons. The molecule has 1 saturated heterocycles. The molecule has 0 spiro atoms. The molecule has 3 aromatic rings. The Morgan fingerprint density at radius 3 is 2.31 bits per heavy atom. The van der Waals surface area contributed by atoms with E-state index in [0.717, 1.165) is 4.90 Å². The van der Waals surface area contributed by atoms with Crippen LogP contribution >= 0.6 is 23.2 Å². The standard InChI is InChI=1S/C24H16Cl2N2O6S/c1-14-18(25)8-5-9-20(14)28-23(30)17(22(29)27-24(28)31)12-15-10-11-21(19(26)13-15)34-35(32,33)16-6-3-2-4-7-16/h2-13H,1H3,(H,27,29,31)/b17-12+. The minimum Gasteiger partial charge on any atom is -0.377 e. The van der Waals surface area contributed by atoms with Gasteiger partial charge in [-0.15, -0.1) is 0 Å². The second kappa shape index (κ2) is 9.53. The lowest BCUT2D eigenvalue weighted by molar-refractivity contribution is -0.122. The maximum absolute atomic E-state index is 13.1. The predicted octanol–water partition coefficient (Wildman–Crippen LogP) is 4.74. The summed E-state index contributed by atoms with van der Waals surface area (Å²) in [5, 5.41) is 2.41. The van der Waals surface area contributed by atoms with Crippen molar-refractivity contribution in [1.29, 1.82) is 0 Å². The first-order valence-electron chi connectivity index (χ1n) is 10.0. The Balaban J connectivity index is 1.65. The molecule has 0 atom stereocenters. The number of barbiturate groups is 1. The Morgan fingerprint density at radius 1 is 0.914 bits per heavy atom. The number of halogens is 2. The summed E-state index contributed by atoms with van der Waals surface area (Å²) in [5.74, 6) is -1.88. The van der Waals surface area contributed by atoms with Crippen molar-refractivity contribution in [3.63, 3.8) is 0 Å². The van der Waals surface area contributed by atoms with Gasteiger partial charge in [-0.1, -0.05) is 53.5 Å². The monoisotopic (exact) mass is 530 g/mol. The first-order valence-corrected chi connectivity index (χ1v) is 12.2. The van der Waals surface area contributed by atoms with Gasteiger partial charge in [0.05, 0.1) is 10.7 Å². The SMILES string of the molecule is Cc1c(Cl)cccc1N1C(=O)NC(=O)/C(=C\c2ccc(OS(=O)(=O)c3ccccc3)c(Cl)c2)C1=O. The van der Waals surface area contributed by atoms with Gasteiger partial charge in [-0.05, 0) is 60.5 Å². The summed E-state index contributed by atoms with van der Waals surface area (Å²) in [6.07, 6.45) is 1.23. The van der Waals surface area contributed by atoms with Gasteiger partial charge in [0.15, 0.2) is 5.75 Å². The van der Waals surface area contributed by atoms with Crippen LogP contribution in [0.25, 0.3) is 6.08 Å². The van der Waals surface area contributed by atoms with Crippen LogP contribution in [0.1, 0.15) is 11.1 Å². The zero-order valence-electron chi connectivity index (χ0n) is 18.0. The highest BCUT2D eigenvalue weighted by molar-refractivity contribution is 7.87. The molecule has 1 aliphatic heterocycles. The number of urea groups is 1. The van der Waals surface area contributed by atoms with Gasteiger partial charge in [0.2, 0.25) is 0 Å². The van der Waals surface area contributed by atoms with Crippen molar-refractivity contribution in [2.45, 2.75) is 11.8 Å². The second-order valence-electron chi connectivity index (χ2n) is 7.38. The van der Waals surface area contributed by atoms with Crippen LogP contribution in [0.5, 0.6) is 5.75 Å². The van der Waals surface area contributed by atoms with E-state index in [1.54, 1.807) is 37.3 Å². The van der Waals surface area contributed by atoms with E-state index in [2.05, 4.69) is 5.32 Å². The molecule has 4 amide bonds. The first kappa shape index (κ1) is 24.5. The largest absolute Gasteiger partial charge is 0.377 e. The fraction of sp³-hybridized carbons (Fsp3) is 0.0417. The molecule has 8 nitrogen and oxygen atoms in total. The molecule has 11 heteroatoms. The van der Waals surface area contributed by atoms with Crippen LogP contribution in [0, 0.1) is 6.92 Å². The summed E-state index contributed by atoms with van der Waals surface area (Å²) in [6, 6.07) is 15.4. The molecule has 4 rings (SSSR count). The van der Waals surface area contributed by atoms with Crippen molar-refractivity contribution in [3.8, 4) is 5.75 Å². The predicted molar refractivity (Wildman–Crippen MR) is 131 cm³/mol. The summed E-state index contributed by atoms with van der Waals surface area (Å²) in [4.78, 5) is 38.7. The number of carbonyl (C=O) groups excluding carboxylic acids is 3. The Kier molecular flexibility index (Phi) is 6.66. The van der Waals surface area contributed by atoms with Crippen molar-refractivity contribution >= 4 is 62.9 Å². The molecular formula is C24H16Cl2N2O6S. The molecular weight excluding hydrogens is 515 g/mol. The smallest absolute Gasteiger partial charge is 0.339 e. The molecule has 0 aliphatic carbocycles. The number of rotatable bonds is 5. The Morgan fingerprint density at radius 2 is 1.63 bits per heavy atom. The van der Waals surface area contributed by atoms with Crippen molar-refractivity contribution in [2.24, 2.45) is 0 Å². The lowest BCUT2D eigenvalue weighted by atomic mass is 10.1. The molecule has 1 heterocycles. The fourth-order valence-electron chi connectivity index (χ4n) is 3.31. The highest BCUT2D eigenvalue weighted by atomic mass is 35.5. The van der Waals surface area contributed by atoms with Crippen LogP contribution in [-0.4, -0.2) is 26.3 Å². The van der Waals surface area contributed by atoms with E-state index in [1.807, 2.05) is 0 Å². The molecule has 0 bridgehead atoms. The fourth-order valence-corrected chi connectivity index (χ4v) is 4.72. The third kappa shape index (κ3) is 4.93. The van der Waals surface area contributed by atoms with E-state index in [1.165, 1.54) is 42.5 Å². The second-order valence-corrected chi connectivity index (χ2v) is 9.74. The third-order valence-corrected chi connectivity index (χ3v) is 7.03. The van der Waals surface area contributed by atoms with Crippen LogP contribution in [0.3, 0.4) is 0 Å². The zero-order valence-corrected chi connectivity index (χ0v) is 20.3. The Bertz CT molecular complexity index is 1500. The van der Waals surface area contributed by atoms with Gasteiger partial charge >= 0.3 is 16.1 Å². The molecule has 35 heavy (non-hydrogen) atoms. The maximum Gasteiger partial charge on any atom is 0.339 e. The van der Waals surface area contributed by atoms with E-state index < -0.39 is 28.0 Å². The van der Waals surface area contributed by atoms with E-state index in [9.17, 15) is 22.8 Å². The third-order valence-electron chi connectivity index (χ3n) is 5.08. The maximum atomic E-state index is 13.1.